The van der Waals surface area contributed by atoms with E-state index in [1.807, 2.05) is 36.4 Å². The summed E-state index contributed by atoms with van der Waals surface area (Å²) in [6.07, 6.45) is 6.30. The summed E-state index contributed by atoms with van der Waals surface area (Å²) in [6.45, 7) is 4.10. The van der Waals surface area contributed by atoms with Gasteiger partial charge in [0.15, 0.2) is 0 Å². The van der Waals surface area contributed by atoms with Crippen molar-refractivity contribution in [3.8, 4) is 17.2 Å². The monoisotopic (exact) mass is 485 g/mol. The van der Waals surface area contributed by atoms with Crippen molar-refractivity contribution in [2.75, 3.05) is 20.8 Å². The third-order valence-corrected chi connectivity index (χ3v) is 5.32. The number of rotatable bonds is 12. The summed E-state index contributed by atoms with van der Waals surface area (Å²) < 4.78 is 30.0. The molecule has 0 unspecified atom stereocenters. The molecule has 3 aromatic rings. The average molecular weight is 486 g/mol. The van der Waals surface area contributed by atoms with Gasteiger partial charge in [-0.2, -0.15) is 0 Å². The molecule has 34 heavy (non-hydrogen) atoms. The van der Waals surface area contributed by atoms with Crippen LogP contribution in [-0.4, -0.2) is 20.8 Å². The Bertz CT molecular complexity index is 1040. The molecule has 0 aliphatic carbocycles. The summed E-state index contributed by atoms with van der Waals surface area (Å²) in [7, 11) is 3.30. The fourth-order valence-electron chi connectivity index (χ4n) is 3.41. The molecule has 0 amide bonds. The van der Waals surface area contributed by atoms with Gasteiger partial charge in [0.2, 0.25) is 0 Å². The fraction of sp³-hybridized carbons (Fsp3) is 0.286. The van der Waals surface area contributed by atoms with Gasteiger partial charge in [0, 0.05) is 24.7 Å². The second-order valence-corrected chi connectivity index (χ2v) is 7.73. The van der Waals surface area contributed by atoms with Crippen LogP contribution in [0.2, 0.25) is 0 Å². The van der Waals surface area contributed by atoms with Crippen molar-refractivity contribution in [2.24, 2.45) is 0 Å². The lowest BCUT2D eigenvalue weighted by atomic mass is 10.0. The zero-order chi connectivity index (χ0) is 23.5. The third kappa shape index (κ3) is 8.08. The van der Waals surface area contributed by atoms with Crippen LogP contribution in [0, 0.1) is 5.82 Å². The Balaban J connectivity index is 0.00000408. The molecule has 3 rings (SSSR count). The molecule has 0 heterocycles. The fourth-order valence-corrected chi connectivity index (χ4v) is 3.41. The van der Waals surface area contributed by atoms with E-state index in [9.17, 15) is 4.39 Å². The maximum atomic E-state index is 13.1. The van der Waals surface area contributed by atoms with Gasteiger partial charge in [0.25, 0.3) is 0 Å². The molecule has 0 saturated heterocycles. The third-order valence-electron chi connectivity index (χ3n) is 5.32. The first-order valence-electron chi connectivity index (χ1n) is 11.2. The zero-order valence-electron chi connectivity index (χ0n) is 20.0. The lowest BCUT2D eigenvalue weighted by molar-refractivity contribution is 0.309. The topological polar surface area (TPSA) is 39.7 Å². The number of ether oxygens (including phenoxy) is 3. The number of unbranched alkanes of at least 4 members (excludes halogenated alkanes) is 1. The van der Waals surface area contributed by atoms with E-state index in [0.29, 0.717) is 13.1 Å². The lowest BCUT2D eigenvalue weighted by Crippen LogP contribution is -2.14. The van der Waals surface area contributed by atoms with Crippen LogP contribution in [0.1, 0.15) is 42.0 Å². The zero-order valence-corrected chi connectivity index (χ0v) is 20.8. The van der Waals surface area contributed by atoms with Crippen molar-refractivity contribution in [1.29, 1.82) is 0 Å². The van der Waals surface area contributed by atoms with Crippen LogP contribution in [0.15, 0.2) is 60.7 Å². The molecule has 182 valence electrons. The number of hydrogen-bond donors (Lipinski definition) is 1. The van der Waals surface area contributed by atoms with E-state index >= 15 is 0 Å². The van der Waals surface area contributed by atoms with Gasteiger partial charge in [0.05, 0.1) is 20.8 Å². The van der Waals surface area contributed by atoms with Gasteiger partial charge in [-0.15, -0.1) is 12.4 Å². The van der Waals surface area contributed by atoms with Crippen molar-refractivity contribution < 1.29 is 18.6 Å². The molecule has 0 fully saturated rings. The van der Waals surface area contributed by atoms with Crippen molar-refractivity contribution in [3.63, 3.8) is 0 Å². The van der Waals surface area contributed by atoms with E-state index in [1.165, 1.54) is 12.1 Å². The first kappa shape index (κ1) is 27.2. The molecule has 0 atom stereocenters. The standard InChI is InChI=1S/C28H32FNO3.ClH/c1-4-5-16-33-25-14-9-21(10-15-25)6-11-23-17-26(31-2)18-28(32-3)27(23)20-30-19-22-7-12-24(29)13-8-22;/h6-15,17-18,30H,4-5,16,19-20H2,1-3H3;1H/b11-6+;. The van der Waals surface area contributed by atoms with Crippen molar-refractivity contribution in [2.45, 2.75) is 32.9 Å². The minimum Gasteiger partial charge on any atom is -0.497 e. The molecular weight excluding hydrogens is 453 g/mol. The first-order chi connectivity index (χ1) is 16.1. The van der Waals surface area contributed by atoms with Gasteiger partial charge in [-0.25, -0.2) is 4.39 Å². The summed E-state index contributed by atoms with van der Waals surface area (Å²) in [5, 5.41) is 3.43. The second-order valence-electron chi connectivity index (χ2n) is 7.73. The molecule has 4 nitrogen and oxygen atoms in total. The molecule has 0 aliphatic heterocycles. The van der Waals surface area contributed by atoms with Crippen LogP contribution >= 0.6 is 12.4 Å². The summed E-state index contributed by atoms with van der Waals surface area (Å²) in [5.74, 6) is 2.13. The number of halogens is 2. The minimum atomic E-state index is -0.233. The van der Waals surface area contributed by atoms with E-state index in [2.05, 4.69) is 24.4 Å². The van der Waals surface area contributed by atoms with Gasteiger partial charge >= 0.3 is 0 Å². The summed E-state index contributed by atoms with van der Waals surface area (Å²) in [5.41, 5.74) is 4.12. The number of benzene rings is 3. The summed E-state index contributed by atoms with van der Waals surface area (Å²) in [6, 6.07) is 18.5. The van der Waals surface area contributed by atoms with Gasteiger partial charge in [-0.1, -0.05) is 49.8 Å². The van der Waals surface area contributed by atoms with Crippen LogP contribution < -0.4 is 19.5 Å². The number of hydrogen-bond acceptors (Lipinski definition) is 4. The van der Waals surface area contributed by atoms with Crippen LogP contribution in [0.25, 0.3) is 12.2 Å². The van der Waals surface area contributed by atoms with Crippen molar-refractivity contribution in [1.82, 2.24) is 5.32 Å². The molecule has 3 aromatic carbocycles. The Labute approximate surface area is 208 Å². The Morgan fingerprint density at radius 3 is 2.24 bits per heavy atom. The van der Waals surface area contributed by atoms with E-state index in [4.69, 9.17) is 14.2 Å². The average Bonchev–Trinajstić information content (AvgIpc) is 2.85. The molecular formula is C28H33ClFNO3. The quantitative estimate of drug-likeness (QED) is 0.223. The first-order valence-corrected chi connectivity index (χ1v) is 11.2. The highest BCUT2D eigenvalue weighted by Gasteiger charge is 2.11. The second kappa shape index (κ2) is 14.3. The van der Waals surface area contributed by atoms with Crippen LogP contribution in [0.5, 0.6) is 17.2 Å². The summed E-state index contributed by atoms with van der Waals surface area (Å²) in [4.78, 5) is 0. The molecule has 0 aromatic heterocycles. The molecule has 0 bridgehead atoms. The van der Waals surface area contributed by atoms with E-state index in [1.54, 1.807) is 26.4 Å². The molecule has 0 radical (unpaired) electrons. The smallest absolute Gasteiger partial charge is 0.127 e. The van der Waals surface area contributed by atoms with Gasteiger partial charge in [0.1, 0.15) is 23.1 Å². The molecule has 6 heteroatoms. The maximum Gasteiger partial charge on any atom is 0.127 e. The Kier molecular flexibility index (Phi) is 11.4. The highest BCUT2D eigenvalue weighted by molar-refractivity contribution is 5.85. The summed E-state index contributed by atoms with van der Waals surface area (Å²) >= 11 is 0. The van der Waals surface area contributed by atoms with Crippen LogP contribution in [0.3, 0.4) is 0 Å². The number of nitrogens with one attached hydrogen (secondary N) is 1. The highest BCUT2D eigenvalue weighted by atomic mass is 35.5. The molecule has 0 saturated carbocycles. The highest BCUT2D eigenvalue weighted by Crippen LogP contribution is 2.30. The van der Waals surface area contributed by atoms with Gasteiger partial charge in [-0.05, 0) is 53.4 Å². The van der Waals surface area contributed by atoms with Gasteiger partial charge in [-0.3, -0.25) is 0 Å². The number of methoxy groups -OCH3 is 2. The Morgan fingerprint density at radius 1 is 0.853 bits per heavy atom. The van der Waals surface area contributed by atoms with Gasteiger partial charge < -0.3 is 19.5 Å². The molecule has 1 N–H and O–H groups in total. The lowest BCUT2D eigenvalue weighted by Gasteiger charge is -2.15. The van der Waals surface area contributed by atoms with Crippen molar-refractivity contribution >= 4 is 24.6 Å². The molecule has 0 spiro atoms. The molecule has 0 aliphatic rings. The van der Waals surface area contributed by atoms with E-state index in [-0.39, 0.29) is 18.2 Å². The van der Waals surface area contributed by atoms with E-state index in [0.717, 1.165) is 59.0 Å². The largest absolute Gasteiger partial charge is 0.497 e. The maximum absolute atomic E-state index is 13.1. The Morgan fingerprint density at radius 2 is 1.59 bits per heavy atom. The Hall–Kier alpha value is -3.02. The van der Waals surface area contributed by atoms with Crippen LogP contribution in [-0.2, 0) is 13.1 Å². The minimum absolute atomic E-state index is 0. The van der Waals surface area contributed by atoms with E-state index < -0.39 is 0 Å². The predicted octanol–water partition coefficient (Wildman–Crippen LogP) is 6.90. The SMILES string of the molecule is CCCCOc1ccc(/C=C/c2cc(OC)cc(OC)c2CNCc2ccc(F)cc2)cc1.Cl. The predicted molar refractivity (Wildman–Crippen MR) is 140 cm³/mol. The van der Waals surface area contributed by atoms with Crippen LogP contribution in [0.4, 0.5) is 4.39 Å². The normalized spacial score (nSPS) is 10.7. The van der Waals surface area contributed by atoms with Crippen molar-refractivity contribution in [3.05, 3.63) is 88.7 Å².